The average molecular weight is 718 g/mol. The first-order valence-electron chi connectivity index (χ1n) is 19.0. The lowest BCUT2D eigenvalue weighted by Gasteiger charge is -2.16. The van der Waals surface area contributed by atoms with Crippen LogP contribution in [0.5, 0.6) is 0 Å². The van der Waals surface area contributed by atoms with Crippen molar-refractivity contribution in [3.63, 3.8) is 0 Å². The van der Waals surface area contributed by atoms with E-state index in [1.54, 1.807) is 0 Å². The first-order valence-corrected chi connectivity index (χ1v) is 19.0. The summed E-state index contributed by atoms with van der Waals surface area (Å²) in [7, 11) is 0. The highest BCUT2D eigenvalue weighted by Crippen LogP contribution is 2.44. The van der Waals surface area contributed by atoms with Crippen LogP contribution in [0.25, 0.3) is 110 Å². The zero-order chi connectivity index (χ0) is 36.7. The predicted octanol–water partition coefficient (Wildman–Crippen LogP) is 13.7. The summed E-state index contributed by atoms with van der Waals surface area (Å²) >= 11 is 0. The Morgan fingerprint density at radius 2 is 1.07 bits per heavy atom. The molecule has 5 heteroatoms. The zero-order valence-electron chi connectivity index (χ0n) is 30.1. The molecule has 262 valence electrons. The summed E-state index contributed by atoms with van der Waals surface area (Å²) in [4.78, 5) is 15.9. The maximum absolute atomic E-state index is 6.66. The van der Waals surface area contributed by atoms with Crippen molar-refractivity contribution in [1.29, 1.82) is 0 Å². The molecule has 0 saturated heterocycles. The van der Waals surface area contributed by atoms with E-state index in [9.17, 15) is 0 Å². The molecule has 0 radical (unpaired) electrons. The normalized spacial score (nSPS) is 14.4. The maximum Gasteiger partial charge on any atom is 0.164 e. The Labute approximate surface area is 320 Å². The Kier molecular flexibility index (Phi) is 6.69. The molecule has 8 aromatic carbocycles. The molecule has 0 saturated carbocycles. The number of allylic oxidation sites excluding steroid dienone is 4. The van der Waals surface area contributed by atoms with Crippen LogP contribution in [0, 0.1) is 0 Å². The second kappa shape index (κ2) is 12.1. The standard InChI is InChI=1S/C51H31N3O2/c1-2-13-32(14-3-1)49-52-50(33-25-24-31-23-22-30-12-4-5-15-35(30)40(31)26-33)54-51(53-49)42-27-34(28-45-48(42)39-19-9-11-21-44(39)55-45)41-29-46-47(37-17-7-6-16-36(37)41)38-18-8-10-20-43(38)56-46/h1-13,15-29,32H,14H2. The third kappa shape index (κ3) is 4.77. The molecule has 3 aromatic heterocycles. The van der Waals surface area contributed by atoms with Gasteiger partial charge in [-0.05, 0) is 86.3 Å². The van der Waals surface area contributed by atoms with Crippen LogP contribution in [0.4, 0.5) is 0 Å². The van der Waals surface area contributed by atoms with Crippen LogP contribution in [0.3, 0.4) is 0 Å². The first kappa shape index (κ1) is 31.0. The van der Waals surface area contributed by atoms with Gasteiger partial charge in [-0.2, -0.15) is 0 Å². The lowest BCUT2D eigenvalue weighted by atomic mass is 9.92. The monoisotopic (exact) mass is 717 g/mol. The van der Waals surface area contributed by atoms with Crippen molar-refractivity contribution in [2.45, 2.75) is 12.3 Å². The smallest absolute Gasteiger partial charge is 0.164 e. The highest BCUT2D eigenvalue weighted by atomic mass is 16.3. The highest BCUT2D eigenvalue weighted by Gasteiger charge is 2.23. The van der Waals surface area contributed by atoms with Crippen LogP contribution < -0.4 is 0 Å². The van der Waals surface area contributed by atoms with Crippen molar-refractivity contribution >= 4 is 76.2 Å². The largest absolute Gasteiger partial charge is 0.456 e. The zero-order valence-corrected chi connectivity index (χ0v) is 30.1. The summed E-state index contributed by atoms with van der Waals surface area (Å²) in [5.41, 5.74) is 7.18. The molecule has 12 rings (SSSR count). The summed E-state index contributed by atoms with van der Waals surface area (Å²) in [6, 6.07) is 51.0. The molecule has 11 aromatic rings. The molecule has 0 bridgehead atoms. The van der Waals surface area contributed by atoms with Gasteiger partial charge in [0.1, 0.15) is 28.2 Å². The van der Waals surface area contributed by atoms with Crippen LogP contribution in [-0.4, -0.2) is 15.0 Å². The number of hydrogen-bond donors (Lipinski definition) is 0. The predicted molar refractivity (Wildman–Crippen MR) is 229 cm³/mol. The van der Waals surface area contributed by atoms with Gasteiger partial charge >= 0.3 is 0 Å². The molecule has 0 spiro atoms. The van der Waals surface area contributed by atoms with Gasteiger partial charge in [0, 0.05) is 38.6 Å². The number of hydrogen-bond acceptors (Lipinski definition) is 5. The number of para-hydroxylation sites is 2. The van der Waals surface area contributed by atoms with Gasteiger partial charge in [-0.1, -0.05) is 133 Å². The van der Waals surface area contributed by atoms with E-state index in [1.807, 2.05) is 24.3 Å². The van der Waals surface area contributed by atoms with Gasteiger partial charge in [0.05, 0.1) is 0 Å². The first-order chi connectivity index (χ1) is 27.7. The van der Waals surface area contributed by atoms with E-state index in [1.165, 1.54) is 21.5 Å². The molecule has 0 fully saturated rings. The fraction of sp³-hybridized carbons (Fsp3) is 0.0392. The number of nitrogens with zero attached hydrogens (tertiary/aromatic N) is 3. The molecule has 1 unspecified atom stereocenters. The third-order valence-electron chi connectivity index (χ3n) is 11.4. The molecule has 1 aliphatic carbocycles. The van der Waals surface area contributed by atoms with Gasteiger partial charge in [0.2, 0.25) is 0 Å². The summed E-state index contributed by atoms with van der Waals surface area (Å²) in [5.74, 6) is 2.01. The third-order valence-corrected chi connectivity index (χ3v) is 11.4. The number of aromatic nitrogens is 3. The van der Waals surface area contributed by atoms with E-state index >= 15 is 0 Å². The van der Waals surface area contributed by atoms with Gasteiger partial charge < -0.3 is 8.83 Å². The molecule has 3 heterocycles. The molecule has 1 atom stereocenters. The maximum atomic E-state index is 6.66. The fourth-order valence-corrected chi connectivity index (χ4v) is 8.73. The van der Waals surface area contributed by atoms with E-state index in [2.05, 4.69) is 146 Å². The van der Waals surface area contributed by atoms with Crippen LogP contribution in [-0.2, 0) is 0 Å². The molecular weight excluding hydrogens is 687 g/mol. The molecule has 0 amide bonds. The Balaban J connectivity index is 1.14. The van der Waals surface area contributed by atoms with E-state index < -0.39 is 0 Å². The summed E-state index contributed by atoms with van der Waals surface area (Å²) in [6.07, 6.45) is 9.35. The van der Waals surface area contributed by atoms with Crippen molar-refractivity contribution in [1.82, 2.24) is 15.0 Å². The minimum absolute atomic E-state index is 0.0148. The van der Waals surface area contributed by atoms with Crippen LogP contribution in [0.1, 0.15) is 18.2 Å². The fourth-order valence-electron chi connectivity index (χ4n) is 8.73. The van der Waals surface area contributed by atoms with E-state index in [0.29, 0.717) is 11.6 Å². The van der Waals surface area contributed by atoms with Gasteiger partial charge in [0.25, 0.3) is 0 Å². The van der Waals surface area contributed by atoms with E-state index in [0.717, 1.165) is 89.1 Å². The van der Waals surface area contributed by atoms with Crippen molar-refractivity contribution in [2.24, 2.45) is 0 Å². The Morgan fingerprint density at radius 3 is 1.86 bits per heavy atom. The summed E-state index contributed by atoms with van der Waals surface area (Å²) < 4.78 is 13.2. The van der Waals surface area contributed by atoms with Gasteiger partial charge in [0.15, 0.2) is 11.6 Å². The van der Waals surface area contributed by atoms with Gasteiger partial charge in [-0.3, -0.25) is 0 Å². The van der Waals surface area contributed by atoms with Crippen molar-refractivity contribution in [3.8, 4) is 33.9 Å². The highest BCUT2D eigenvalue weighted by molar-refractivity contribution is 6.23. The Hall–Kier alpha value is -7.37. The average Bonchev–Trinajstić information content (AvgIpc) is 3.84. The van der Waals surface area contributed by atoms with E-state index in [4.69, 9.17) is 23.8 Å². The molecular formula is C51H31N3O2. The SMILES string of the molecule is C1=CCC(c2nc(-c3ccc4ccc5ccccc5c4c3)nc(-c3cc(-c4cc5oc6ccccc6c5c5ccccc45)cc4oc5ccccc5c34)n2)C=C1. The topological polar surface area (TPSA) is 65.0 Å². The summed E-state index contributed by atoms with van der Waals surface area (Å²) in [6.45, 7) is 0. The second-order valence-corrected chi connectivity index (χ2v) is 14.7. The molecule has 0 N–H and O–H groups in total. The van der Waals surface area contributed by atoms with Crippen LogP contribution in [0.15, 0.2) is 179 Å². The number of fused-ring (bicyclic) bond motifs is 11. The summed E-state index contributed by atoms with van der Waals surface area (Å²) in [5, 5.41) is 11.2. The lowest BCUT2D eigenvalue weighted by Crippen LogP contribution is -2.08. The van der Waals surface area contributed by atoms with Crippen molar-refractivity contribution in [3.05, 3.63) is 176 Å². The van der Waals surface area contributed by atoms with E-state index in [-0.39, 0.29) is 5.92 Å². The van der Waals surface area contributed by atoms with Crippen molar-refractivity contribution < 1.29 is 8.83 Å². The molecule has 56 heavy (non-hydrogen) atoms. The number of benzene rings is 8. The second-order valence-electron chi connectivity index (χ2n) is 14.7. The minimum atomic E-state index is 0.0148. The van der Waals surface area contributed by atoms with Gasteiger partial charge in [-0.25, -0.2) is 15.0 Å². The Bertz CT molecular complexity index is 3480. The molecule has 0 aliphatic heterocycles. The molecule has 5 nitrogen and oxygen atoms in total. The van der Waals surface area contributed by atoms with Crippen molar-refractivity contribution in [2.75, 3.05) is 0 Å². The molecule has 1 aliphatic rings. The quantitative estimate of drug-likeness (QED) is 0.170. The Morgan fingerprint density at radius 1 is 0.429 bits per heavy atom. The number of furan rings is 2. The van der Waals surface area contributed by atoms with Crippen LogP contribution in [0.2, 0.25) is 0 Å². The number of rotatable bonds is 4. The minimum Gasteiger partial charge on any atom is -0.456 e. The lowest BCUT2D eigenvalue weighted by molar-refractivity contribution is 0.668. The van der Waals surface area contributed by atoms with Crippen LogP contribution >= 0.6 is 0 Å². The van der Waals surface area contributed by atoms with Gasteiger partial charge in [-0.15, -0.1) is 0 Å².